The minimum Gasteiger partial charge on any atom is -0.473 e. The van der Waals surface area contributed by atoms with Gasteiger partial charge in [0, 0.05) is 36.5 Å². The first-order valence-electron chi connectivity index (χ1n) is 8.47. The second-order valence-corrected chi connectivity index (χ2v) is 7.52. The van der Waals surface area contributed by atoms with Gasteiger partial charge in [0.1, 0.15) is 0 Å². The summed E-state index contributed by atoms with van der Waals surface area (Å²) in [5.41, 5.74) is 8.10. The number of hydrogen-bond donors (Lipinski definition) is 3. The van der Waals surface area contributed by atoms with E-state index in [9.17, 15) is 14.7 Å². The van der Waals surface area contributed by atoms with Crippen LogP contribution in [0.25, 0.3) is 10.4 Å². The number of carboxylic acids is 2. The van der Waals surface area contributed by atoms with Gasteiger partial charge in [-0.25, -0.2) is 14.4 Å². The summed E-state index contributed by atoms with van der Waals surface area (Å²) in [6.07, 6.45) is 0.436. The predicted octanol–water partition coefficient (Wildman–Crippen LogP) is 1.86. The van der Waals surface area contributed by atoms with E-state index in [1.807, 2.05) is 0 Å². The van der Waals surface area contributed by atoms with Gasteiger partial charge in [0.05, 0.1) is 6.04 Å². The van der Waals surface area contributed by atoms with Crippen LogP contribution in [-0.2, 0) is 14.4 Å². The van der Waals surface area contributed by atoms with Crippen molar-refractivity contribution in [1.29, 1.82) is 0 Å². The molecule has 1 aliphatic carbocycles. The van der Waals surface area contributed by atoms with Crippen molar-refractivity contribution in [2.75, 3.05) is 14.1 Å². The normalized spacial score (nSPS) is 21.2. The van der Waals surface area contributed by atoms with E-state index in [4.69, 9.17) is 25.3 Å². The van der Waals surface area contributed by atoms with Crippen LogP contribution in [0.15, 0.2) is 5.11 Å². The van der Waals surface area contributed by atoms with Crippen molar-refractivity contribution in [3.63, 3.8) is 0 Å². The van der Waals surface area contributed by atoms with Gasteiger partial charge in [0.25, 0.3) is 0 Å². The number of carboxylic acid groups (broad SMARTS) is 3. The average Bonchev–Trinajstić information content (AvgIpc) is 2.54. The third-order valence-corrected chi connectivity index (χ3v) is 4.21. The first kappa shape index (κ1) is 25.0. The summed E-state index contributed by atoms with van der Waals surface area (Å²) in [5, 5.41) is 28.1. The van der Waals surface area contributed by atoms with Crippen LogP contribution in [0.2, 0.25) is 0 Å². The first-order valence-corrected chi connectivity index (χ1v) is 8.47. The molecule has 158 valence electrons. The molecule has 0 aromatic rings. The van der Waals surface area contributed by atoms with Crippen LogP contribution in [0, 0.1) is 5.92 Å². The van der Waals surface area contributed by atoms with Crippen molar-refractivity contribution in [3.05, 3.63) is 10.4 Å². The van der Waals surface area contributed by atoms with Gasteiger partial charge in [-0.1, -0.05) is 5.11 Å². The Morgan fingerprint density at radius 2 is 1.54 bits per heavy atom. The number of carbonyl (C=O) groups is 4. The lowest BCUT2D eigenvalue weighted by atomic mass is 9.80. The zero-order valence-electron chi connectivity index (χ0n) is 16.6. The van der Waals surface area contributed by atoms with Crippen LogP contribution in [0.1, 0.15) is 40.0 Å². The van der Waals surface area contributed by atoms with Gasteiger partial charge in [-0.3, -0.25) is 4.79 Å². The molecule has 0 spiro atoms. The Hall–Kier alpha value is -3.01. The fourth-order valence-corrected chi connectivity index (χ4v) is 3.12. The van der Waals surface area contributed by atoms with Crippen LogP contribution >= 0.6 is 0 Å². The quantitative estimate of drug-likeness (QED) is 0.279. The molecule has 0 heterocycles. The van der Waals surface area contributed by atoms with E-state index in [2.05, 4.69) is 10.0 Å². The maximum Gasteiger partial charge on any atom is 0.414 e. The van der Waals surface area contributed by atoms with Gasteiger partial charge in [-0.05, 0) is 45.6 Å². The minimum atomic E-state index is -1.82. The first-order chi connectivity index (χ1) is 12.7. The lowest BCUT2D eigenvalue weighted by molar-refractivity contribution is -0.159. The molecule has 1 rings (SSSR count). The van der Waals surface area contributed by atoms with Gasteiger partial charge < -0.3 is 25.1 Å². The molecule has 1 aliphatic rings. The number of aliphatic carboxylic acids is 2. The summed E-state index contributed by atoms with van der Waals surface area (Å²) in [6, 6.07) is -0.928. The maximum absolute atomic E-state index is 12.2. The van der Waals surface area contributed by atoms with E-state index in [1.165, 1.54) is 9.80 Å². The number of rotatable bonds is 3. The standard InChI is InChI=1S/C14H25N5O3.C2H2O4/c1-14(2,3)19(13(21)22)11-8-9(12(20)18(4)5)6-7-10(11)16-17-15;3-1(4)2(5)6/h9-11H,6-8H2,1-5H3,(H,21,22);(H,3,4)(H,5,6). The molecule has 3 atom stereocenters. The van der Waals surface area contributed by atoms with Crippen LogP contribution in [-0.4, -0.2) is 80.8 Å². The fraction of sp³-hybridized carbons (Fsp3) is 0.750. The molecular weight excluding hydrogens is 374 g/mol. The van der Waals surface area contributed by atoms with Gasteiger partial charge >= 0.3 is 18.0 Å². The highest BCUT2D eigenvalue weighted by Gasteiger charge is 2.42. The third kappa shape index (κ3) is 7.31. The van der Waals surface area contributed by atoms with Gasteiger partial charge in [-0.2, -0.15) is 0 Å². The van der Waals surface area contributed by atoms with Crippen molar-refractivity contribution < 1.29 is 34.5 Å². The van der Waals surface area contributed by atoms with Gasteiger partial charge in [0.2, 0.25) is 5.91 Å². The molecule has 0 aromatic heterocycles. The second-order valence-electron chi connectivity index (χ2n) is 7.52. The molecule has 28 heavy (non-hydrogen) atoms. The Bertz CT molecular complexity index is 640. The molecule has 0 saturated heterocycles. The number of hydrogen-bond acceptors (Lipinski definition) is 5. The highest BCUT2D eigenvalue weighted by atomic mass is 16.4. The molecule has 3 N–H and O–H groups in total. The molecule has 0 aromatic carbocycles. The van der Waals surface area contributed by atoms with E-state index < -0.39 is 35.7 Å². The summed E-state index contributed by atoms with van der Waals surface area (Å²) >= 11 is 0. The maximum atomic E-state index is 12.2. The summed E-state index contributed by atoms with van der Waals surface area (Å²) in [5.74, 6) is -3.90. The second kappa shape index (κ2) is 10.4. The molecule has 12 nitrogen and oxygen atoms in total. The van der Waals surface area contributed by atoms with Gasteiger partial charge in [0.15, 0.2) is 0 Å². The predicted molar refractivity (Wildman–Crippen MR) is 97.6 cm³/mol. The van der Waals surface area contributed by atoms with Crippen molar-refractivity contribution in [2.24, 2.45) is 11.0 Å². The molecular formula is C16H27N5O7. The van der Waals surface area contributed by atoms with Crippen molar-refractivity contribution in [2.45, 2.75) is 57.7 Å². The van der Waals surface area contributed by atoms with Crippen molar-refractivity contribution >= 4 is 23.9 Å². The number of carbonyl (C=O) groups excluding carboxylic acids is 1. The van der Waals surface area contributed by atoms with E-state index >= 15 is 0 Å². The molecule has 0 bridgehead atoms. The SMILES string of the molecule is CN(C)C(=O)C1CCC(N=[N+]=[N-])C(N(C(=O)O)C(C)(C)C)C1.O=C(O)C(=O)O. The Balaban J connectivity index is 0.00000105. The average molecular weight is 401 g/mol. The fourth-order valence-electron chi connectivity index (χ4n) is 3.12. The van der Waals surface area contributed by atoms with E-state index in [0.29, 0.717) is 19.3 Å². The van der Waals surface area contributed by atoms with Crippen molar-refractivity contribution in [1.82, 2.24) is 9.80 Å². The van der Waals surface area contributed by atoms with Crippen LogP contribution < -0.4 is 0 Å². The van der Waals surface area contributed by atoms with Crippen LogP contribution in [0.3, 0.4) is 0 Å². The van der Waals surface area contributed by atoms with E-state index in [0.717, 1.165) is 0 Å². The molecule has 3 unspecified atom stereocenters. The van der Waals surface area contributed by atoms with E-state index in [1.54, 1.807) is 34.9 Å². The Labute approximate surface area is 162 Å². The number of nitrogens with zero attached hydrogens (tertiary/aromatic N) is 5. The van der Waals surface area contributed by atoms with Crippen LogP contribution in [0.5, 0.6) is 0 Å². The molecule has 12 heteroatoms. The summed E-state index contributed by atoms with van der Waals surface area (Å²) in [4.78, 5) is 47.8. The Morgan fingerprint density at radius 1 is 1.04 bits per heavy atom. The van der Waals surface area contributed by atoms with Crippen LogP contribution in [0.4, 0.5) is 4.79 Å². The monoisotopic (exact) mass is 401 g/mol. The molecule has 0 radical (unpaired) electrons. The summed E-state index contributed by atoms with van der Waals surface area (Å²) in [7, 11) is 3.38. The topological polar surface area (TPSA) is 184 Å². The summed E-state index contributed by atoms with van der Waals surface area (Å²) in [6.45, 7) is 5.39. The highest BCUT2D eigenvalue weighted by molar-refractivity contribution is 6.27. The lowest BCUT2D eigenvalue weighted by Gasteiger charge is -2.45. The summed E-state index contributed by atoms with van der Waals surface area (Å²) < 4.78 is 0. The lowest BCUT2D eigenvalue weighted by Crippen LogP contribution is -2.57. The van der Waals surface area contributed by atoms with Crippen molar-refractivity contribution in [3.8, 4) is 0 Å². The molecule has 1 saturated carbocycles. The van der Waals surface area contributed by atoms with E-state index in [-0.39, 0.29) is 11.8 Å². The van der Waals surface area contributed by atoms with Gasteiger partial charge in [-0.15, -0.1) is 0 Å². The Kier molecular flexibility index (Phi) is 9.24. The molecule has 2 amide bonds. The smallest absolute Gasteiger partial charge is 0.414 e. The Morgan fingerprint density at radius 3 is 1.86 bits per heavy atom. The minimum absolute atomic E-state index is 0.0105. The zero-order valence-corrected chi connectivity index (χ0v) is 16.6. The number of azide groups is 1. The highest BCUT2D eigenvalue weighted by Crippen LogP contribution is 2.34. The molecule has 0 aliphatic heterocycles. The third-order valence-electron chi connectivity index (χ3n) is 4.21. The largest absolute Gasteiger partial charge is 0.473 e. The molecule has 1 fully saturated rings. The number of amides is 2. The zero-order chi connectivity index (χ0) is 22.2.